The first-order valence-electron chi connectivity index (χ1n) is 7.49. The van der Waals surface area contributed by atoms with Gasteiger partial charge in [-0.15, -0.1) is 0 Å². The zero-order valence-corrected chi connectivity index (χ0v) is 15.2. The zero-order valence-electron chi connectivity index (χ0n) is 13.6. The quantitative estimate of drug-likeness (QED) is 0.688. The van der Waals surface area contributed by atoms with Gasteiger partial charge in [-0.05, 0) is 35.9 Å². The summed E-state index contributed by atoms with van der Waals surface area (Å²) in [5.41, 5.74) is 1.90. The Morgan fingerprint density at radius 3 is 2.52 bits per heavy atom. The highest BCUT2D eigenvalue weighted by Crippen LogP contribution is 2.23. The lowest BCUT2D eigenvalue weighted by atomic mass is 10.1. The van der Waals surface area contributed by atoms with Crippen molar-refractivity contribution in [2.75, 3.05) is 13.7 Å². The molecule has 6 nitrogen and oxygen atoms in total. The van der Waals surface area contributed by atoms with Crippen molar-refractivity contribution in [1.82, 2.24) is 5.32 Å². The number of amides is 1. The van der Waals surface area contributed by atoms with Crippen molar-refractivity contribution in [3.63, 3.8) is 0 Å². The van der Waals surface area contributed by atoms with Gasteiger partial charge in [0.25, 0.3) is 5.91 Å². The Labute approximate surface area is 153 Å². The number of halogens is 1. The van der Waals surface area contributed by atoms with Crippen molar-refractivity contribution in [3.8, 4) is 5.75 Å². The monoisotopic (exact) mass is 407 g/mol. The first kappa shape index (κ1) is 19.0. The lowest BCUT2D eigenvalue weighted by Crippen LogP contribution is -2.28. The van der Waals surface area contributed by atoms with Crippen molar-refractivity contribution in [1.29, 1.82) is 0 Å². The molecule has 0 heterocycles. The maximum atomic E-state index is 11.9. The second-order valence-corrected chi connectivity index (χ2v) is 6.08. The Hall–Kier alpha value is -2.38. The van der Waals surface area contributed by atoms with E-state index in [0.717, 1.165) is 10.0 Å². The lowest BCUT2D eigenvalue weighted by molar-refractivity contribution is -0.123. The summed E-state index contributed by atoms with van der Waals surface area (Å²) in [6.45, 7) is -0.0192. The molecule has 0 aliphatic heterocycles. The normalized spacial score (nSPS) is 10.2. The summed E-state index contributed by atoms with van der Waals surface area (Å²) in [4.78, 5) is 23.3. The summed E-state index contributed by atoms with van der Waals surface area (Å²) in [5.74, 6) is -0.231. The van der Waals surface area contributed by atoms with E-state index in [1.165, 1.54) is 7.11 Å². The van der Waals surface area contributed by atoms with E-state index in [0.29, 0.717) is 23.4 Å². The molecule has 7 heteroatoms. The number of benzene rings is 2. The number of aliphatic hydroxyl groups excluding tert-OH is 1. The molecular weight excluding hydrogens is 390 g/mol. The minimum absolute atomic E-state index is 0.158. The third kappa shape index (κ3) is 5.58. The van der Waals surface area contributed by atoms with Crippen molar-refractivity contribution in [3.05, 3.63) is 63.6 Å². The molecule has 0 aliphatic carbocycles. The van der Waals surface area contributed by atoms with Crippen LogP contribution in [0, 0.1) is 0 Å². The molecule has 0 unspecified atom stereocenters. The number of nitrogens with one attached hydrogen (secondary N) is 1. The van der Waals surface area contributed by atoms with Crippen LogP contribution in [0.1, 0.15) is 21.5 Å². The molecule has 0 atom stereocenters. The van der Waals surface area contributed by atoms with Crippen molar-refractivity contribution >= 4 is 27.8 Å². The molecule has 2 aromatic carbocycles. The van der Waals surface area contributed by atoms with Crippen LogP contribution >= 0.6 is 15.9 Å². The van der Waals surface area contributed by atoms with Gasteiger partial charge < -0.3 is 19.9 Å². The zero-order chi connectivity index (χ0) is 18.2. The Kier molecular flexibility index (Phi) is 6.97. The number of hydrogen-bond acceptors (Lipinski definition) is 5. The number of aliphatic hydroxyl groups is 1. The first-order chi connectivity index (χ1) is 12.0. The topological polar surface area (TPSA) is 84.9 Å². The molecule has 2 rings (SSSR count). The fourth-order valence-electron chi connectivity index (χ4n) is 2.08. The van der Waals surface area contributed by atoms with Gasteiger partial charge in [-0.2, -0.15) is 0 Å². The first-order valence-corrected chi connectivity index (χ1v) is 8.29. The summed E-state index contributed by atoms with van der Waals surface area (Å²) in [6.07, 6.45) is 0. The van der Waals surface area contributed by atoms with Crippen LogP contribution in [0.2, 0.25) is 0 Å². The van der Waals surface area contributed by atoms with Gasteiger partial charge in [-0.1, -0.05) is 28.1 Å². The van der Waals surface area contributed by atoms with E-state index in [2.05, 4.69) is 26.0 Å². The predicted octanol–water partition coefficient (Wildman–Crippen LogP) is 2.42. The summed E-state index contributed by atoms with van der Waals surface area (Å²) in [5, 5.41) is 12.0. The predicted molar refractivity (Wildman–Crippen MR) is 95.2 cm³/mol. The standard InChI is InChI=1S/C18H18BrNO5/c1-24-18(23)13-4-2-12(3-5-13)9-20-17(22)11-25-16-7-6-15(19)8-14(16)10-21/h2-8,21H,9-11H2,1H3,(H,20,22). The molecule has 0 saturated carbocycles. The second kappa shape index (κ2) is 9.19. The average molecular weight is 408 g/mol. The molecule has 0 fully saturated rings. The molecule has 0 spiro atoms. The molecule has 0 radical (unpaired) electrons. The van der Waals surface area contributed by atoms with Gasteiger partial charge in [-0.25, -0.2) is 4.79 Å². The highest BCUT2D eigenvalue weighted by molar-refractivity contribution is 9.10. The van der Waals surface area contributed by atoms with E-state index in [9.17, 15) is 14.7 Å². The third-order valence-electron chi connectivity index (χ3n) is 3.42. The second-order valence-electron chi connectivity index (χ2n) is 5.16. The van der Waals surface area contributed by atoms with Crippen LogP contribution in [0.5, 0.6) is 5.75 Å². The largest absolute Gasteiger partial charge is 0.483 e. The Morgan fingerprint density at radius 1 is 1.16 bits per heavy atom. The van der Waals surface area contributed by atoms with E-state index in [4.69, 9.17) is 4.74 Å². The maximum Gasteiger partial charge on any atom is 0.337 e. The van der Waals surface area contributed by atoms with Crippen molar-refractivity contribution < 1.29 is 24.2 Å². The molecule has 0 saturated heterocycles. The summed E-state index contributed by atoms with van der Waals surface area (Å²) >= 11 is 3.31. The maximum absolute atomic E-state index is 11.9. The molecule has 0 aliphatic rings. The van der Waals surface area contributed by atoms with Crippen LogP contribution in [0.25, 0.3) is 0 Å². The SMILES string of the molecule is COC(=O)c1ccc(CNC(=O)COc2ccc(Br)cc2CO)cc1. The van der Waals surface area contributed by atoms with Crippen molar-refractivity contribution in [2.45, 2.75) is 13.2 Å². The lowest BCUT2D eigenvalue weighted by Gasteiger charge is -2.11. The fraction of sp³-hybridized carbons (Fsp3) is 0.222. The van der Waals surface area contributed by atoms with Gasteiger partial charge in [0.15, 0.2) is 6.61 Å². The van der Waals surface area contributed by atoms with E-state index >= 15 is 0 Å². The van der Waals surface area contributed by atoms with E-state index < -0.39 is 5.97 Å². The summed E-state index contributed by atoms with van der Waals surface area (Å²) in [7, 11) is 1.32. The minimum Gasteiger partial charge on any atom is -0.483 e. The van der Waals surface area contributed by atoms with Crippen molar-refractivity contribution in [2.24, 2.45) is 0 Å². The summed E-state index contributed by atoms with van der Waals surface area (Å²) in [6, 6.07) is 12.0. The number of methoxy groups -OCH3 is 1. The number of carbonyl (C=O) groups excluding carboxylic acids is 2. The number of esters is 1. The van der Waals surface area contributed by atoms with E-state index in [-0.39, 0.29) is 19.1 Å². The van der Waals surface area contributed by atoms with Crippen LogP contribution in [0.15, 0.2) is 46.9 Å². The Morgan fingerprint density at radius 2 is 1.88 bits per heavy atom. The highest BCUT2D eigenvalue weighted by Gasteiger charge is 2.08. The molecule has 2 aromatic rings. The molecule has 1 amide bonds. The van der Waals surface area contributed by atoms with Crippen LogP contribution in [-0.2, 0) is 22.7 Å². The van der Waals surface area contributed by atoms with Gasteiger partial charge in [0, 0.05) is 16.6 Å². The number of ether oxygens (including phenoxy) is 2. The van der Waals surface area contributed by atoms with Crippen LogP contribution < -0.4 is 10.1 Å². The van der Waals surface area contributed by atoms with E-state index in [1.54, 1.807) is 42.5 Å². The Bertz CT molecular complexity index is 746. The summed E-state index contributed by atoms with van der Waals surface area (Å²) < 4.78 is 10.9. The van der Waals surface area contributed by atoms with Crippen LogP contribution in [0.3, 0.4) is 0 Å². The molecule has 132 valence electrons. The Balaban J connectivity index is 1.84. The van der Waals surface area contributed by atoms with Gasteiger partial charge >= 0.3 is 5.97 Å². The van der Waals surface area contributed by atoms with E-state index in [1.807, 2.05) is 0 Å². The van der Waals surface area contributed by atoms with Gasteiger partial charge in [0.2, 0.25) is 0 Å². The van der Waals surface area contributed by atoms with Gasteiger partial charge in [0.05, 0.1) is 19.3 Å². The number of hydrogen-bond donors (Lipinski definition) is 2. The smallest absolute Gasteiger partial charge is 0.337 e. The van der Waals surface area contributed by atoms with Gasteiger partial charge in [0.1, 0.15) is 5.75 Å². The molecule has 25 heavy (non-hydrogen) atoms. The third-order valence-corrected chi connectivity index (χ3v) is 3.91. The molecular formula is C18H18BrNO5. The molecule has 2 N–H and O–H groups in total. The number of rotatable bonds is 7. The number of carbonyl (C=O) groups is 2. The van der Waals surface area contributed by atoms with Gasteiger partial charge in [-0.3, -0.25) is 4.79 Å². The van der Waals surface area contributed by atoms with Crippen LogP contribution in [-0.4, -0.2) is 30.7 Å². The molecule has 0 bridgehead atoms. The minimum atomic E-state index is -0.404. The average Bonchev–Trinajstić information content (AvgIpc) is 2.64. The molecule has 0 aromatic heterocycles. The fourth-order valence-corrected chi connectivity index (χ4v) is 2.49. The van der Waals surface area contributed by atoms with Crippen LogP contribution in [0.4, 0.5) is 0 Å². The highest BCUT2D eigenvalue weighted by atomic mass is 79.9.